The van der Waals surface area contributed by atoms with Crippen LogP contribution in [0.1, 0.15) is 40.5 Å². The Kier molecular flexibility index (Phi) is 3.73. The molecule has 14 heavy (non-hydrogen) atoms. The van der Waals surface area contributed by atoms with Gasteiger partial charge in [0.25, 0.3) is 0 Å². The summed E-state index contributed by atoms with van der Waals surface area (Å²) in [5.41, 5.74) is 8.18. The van der Waals surface area contributed by atoms with E-state index in [1.54, 1.807) is 6.20 Å². The van der Waals surface area contributed by atoms with E-state index in [0.717, 1.165) is 0 Å². The molecular weight excluding hydrogens is 172 g/mol. The fraction of sp³-hybridized carbons (Fsp3) is 0.750. The Morgan fingerprint density at radius 3 is 2.14 bits per heavy atom. The average molecular weight is 194 g/mol. The smallest absolute Gasteiger partial charge is 0.0446 e. The number of allylic oxidation sites excluding steroid dienone is 1. The molecule has 0 aromatic rings. The minimum Gasteiger partial charge on any atom is -0.404 e. The predicted molar refractivity (Wildman–Crippen MR) is 62.4 cm³/mol. The van der Waals surface area contributed by atoms with E-state index in [9.17, 15) is 0 Å². The largest absolute Gasteiger partial charge is 0.404 e. The van der Waals surface area contributed by atoms with E-state index in [-0.39, 0.29) is 0 Å². The predicted octanol–water partition coefficient (Wildman–Crippen LogP) is 2.74. The summed E-state index contributed by atoms with van der Waals surface area (Å²) in [6, 6.07) is 0.362. The highest BCUT2D eigenvalue weighted by Gasteiger charge is 2.29. The molecule has 0 unspecified atom stereocenters. The minimum atomic E-state index is 0.362. The van der Waals surface area contributed by atoms with Crippen LogP contribution in [-0.2, 0) is 0 Å². The maximum Gasteiger partial charge on any atom is 0.0446 e. The number of nitrogens with zero attached hydrogens (tertiary/aromatic N) is 1. The van der Waals surface area contributed by atoms with Gasteiger partial charge in [0.05, 0.1) is 0 Å². The van der Waals surface area contributed by atoms with Gasteiger partial charge in [0.2, 0.25) is 0 Å². The Morgan fingerprint density at radius 1 is 1.29 bits per heavy atom. The molecule has 0 saturated heterocycles. The minimum absolute atomic E-state index is 0.362. The van der Waals surface area contributed by atoms with Crippen LogP contribution in [0.5, 0.6) is 0 Å². The van der Waals surface area contributed by atoms with E-state index in [0.29, 0.717) is 17.9 Å². The first kappa shape index (κ1) is 11.3. The van der Waals surface area contributed by atoms with Crippen LogP contribution < -0.4 is 5.73 Å². The molecule has 0 aliphatic heterocycles. The van der Waals surface area contributed by atoms with E-state index >= 15 is 0 Å². The Balaban J connectivity index is 2.85. The van der Waals surface area contributed by atoms with Gasteiger partial charge in [0, 0.05) is 11.8 Å². The van der Waals surface area contributed by atoms with Crippen molar-refractivity contribution in [3.63, 3.8) is 0 Å². The summed E-state index contributed by atoms with van der Waals surface area (Å²) in [5, 5.41) is 0. The van der Waals surface area contributed by atoms with Crippen molar-refractivity contribution in [2.24, 2.45) is 22.6 Å². The lowest BCUT2D eigenvalue weighted by atomic mass is 9.96. The molecule has 0 radical (unpaired) electrons. The normalized spacial score (nSPS) is 19.6. The van der Waals surface area contributed by atoms with Gasteiger partial charge in [-0.3, -0.25) is 4.99 Å². The molecule has 1 aliphatic carbocycles. The van der Waals surface area contributed by atoms with Crippen LogP contribution in [0.3, 0.4) is 0 Å². The number of aliphatic imine (C=N–C) groups is 1. The molecule has 0 heterocycles. The highest BCUT2D eigenvalue weighted by atomic mass is 14.8. The van der Waals surface area contributed by atoms with E-state index in [1.807, 2.05) is 0 Å². The molecule has 0 bridgehead atoms. The SMILES string of the molecule is CC(C)N=C(C(=CN)C1CC1)C(C)C. The first-order chi connectivity index (χ1) is 6.56. The highest BCUT2D eigenvalue weighted by molar-refractivity contribution is 6.02. The molecule has 0 aromatic carbocycles. The van der Waals surface area contributed by atoms with Crippen LogP contribution in [-0.4, -0.2) is 11.8 Å². The van der Waals surface area contributed by atoms with Gasteiger partial charge in [-0.15, -0.1) is 0 Å². The second-order valence-corrected chi connectivity index (χ2v) is 4.66. The quantitative estimate of drug-likeness (QED) is 0.687. The Morgan fingerprint density at radius 2 is 1.86 bits per heavy atom. The first-order valence-corrected chi connectivity index (χ1v) is 5.56. The molecule has 1 fully saturated rings. The summed E-state index contributed by atoms with van der Waals surface area (Å²) in [6.07, 6.45) is 4.33. The van der Waals surface area contributed by atoms with Gasteiger partial charge in [0.1, 0.15) is 0 Å². The number of hydrogen-bond donors (Lipinski definition) is 1. The fourth-order valence-electron chi connectivity index (χ4n) is 1.66. The van der Waals surface area contributed by atoms with Crippen LogP contribution in [0.2, 0.25) is 0 Å². The summed E-state index contributed by atoms with van der Waals surface area (Å²) >= 11 is 0. The molecule has 80 valence electrons. The zero-order chi connectivity index (χ0) is 10.7. The monoisotopic (exact) mass is 194 g/mol. The Hall–Kier alpha value is -0.790. The molecule has 0 aromatic heterocycles. The van der Waals surface area contributed by atoms with Crippen molar-refractivity contribution in [3.05, 3.63) is 11.8 Å². The van der Waals surface area contributed by atoms with Gasteiger partial charge in [-0.1, -0.05) is 13.8 Å². The third kappa shape index (κ3) is 2.86. The molecular formula is C12H22N2. The van der Waals surface area contributed by atoms with E-state index in [4.69, 9.17) is 5.73 Å². The van der Waals surface area contributed by atoms with Crippen LogP contribution in [0.4, 0.5) is 0 Å². The lowest BCUT2D eigenvalue weighted by Crippen LogP contribution is -2.16. The molecule has 0 amide bonds. The molecule has 0 atom stereocenters. The zero-order valence-corrected chi connectivity index (χ0v) is 9.75. The standard InChI is InChI=1S/C12H22N2/c1-8(2)12(14-9(3)4)11(7-13)10-5-6-10/h7-10H,5-6,13H2,1-4H3. The van der Waals surface area contributed by atoms with Crippen molar-refractivity contribution in [1.82, 2.24) is 0 Å². The second-order valence-electron chi connectivity index (χ2n) is 4.66. The van der Waals surface area contributed by atoms with Crippen LogP contribution in [0, 0.1) is 11.8 Å². The highest BCUT2D eigenvalue weighted by Crippen LogP contribution is 2.38. The molecule has 2 nitrogen and oxygen atoms in total. The van der Waals surface area contributed by atoms with Crippen molar-refractivity contribution >= 4 is 5.71 Å². The summed E-state index contributed by atoms with van der Waals surface area (Å²) in [4.78, 5) is 4.68. The second kappa shape index (κ2) is 4.63. The molecule has 1 aliphatic rings. The van der Waals surface area contributed by atoms with Gasteiger partial charge in [-0.25, -0.2) is 0 Å². The van der Waals surface area contributed by atoms with Crippen LogP contribution in [0.25, 0.3) is 0 Å². The van der Waals surface area contributed by atoms with E-state index in [1.165, 1.54) is 24.1 Å². The summed E-state index contributed by atoms with van der Waals surface area (Å²) in [7, 11) is 0. The zero-order valence-electron chi connectivity index (χ0n) is 9.75. The Bertz CT molecular complexity index is 245. The van der Waals surface area contributed by atoms with Crippen LogP contribution >= 0.6 is 0 Å². The molecule has 2 heteroatoms. The van der Waals surface area contributed by atoms with Gasteiger partial charge in [0.15, 0.2) is 0 Å². The third-order valence-corrected chi connectivity index (χ3v) is 2.44. The number of nitrogens with two attached hydrogens (primary N) is 1. The van der Waals surface area contributed by atoms with Gasteiger partial charge >= 0.3 is 0 Å². The number of hydrogen-bond acceptors (Lipinski definition) is 2. The van der Waals surface area contributed by atoms with Gasteiger partial charge in [-0.05, 0) is 50.3 Å². The summed E-state index contributed by atoms with van der Waals surface area (Å²) < 4.78 is 0. The first-order valence-electron chi connectivity index (χ1n) is 5.56. The van der Waals surface area contributed by atoms with Crippen molar-refractivity contribution in [2.45, 2.75) is 46.6 Å². The van der Waals surface area contributed by atoms with Gasteiger partial charge in [-0.2, -0.15) is 0 Å². The van der Waals surface area contributed by atoms with Crippen molar-refractivity contribution in [2.75, 3.05) is 0 Å². The van der Waals surface area contributed by atoms with E-state index < -0.39 is 0 Å². The van der Waals surface area contributed by atoms with Crippen LogP contribution in [0.15, 0.2) is 16.8 Å². The molecule has 2 N–H and O–H groups in total. The lowest BCUT2D eigenvalue weighted by Gasteiger charge is -2.15. The summed E-state index contributed by atoms with van der Waals surface area (Å²) in [5.74, 6) is 1.17. The van der Waals surface area contributed by atoms with Crippen molar-refractivity contribution in [3.8, 4) is 0 Å². The third-order valence-electron chi connectivity index (χ3n) is 2.44. The van der Waals surface area contributed by atoms with E-state index in [2.05, 4.69) is 32.7 Å². The fourth-order valence-corrected chi connectivity index (χ4v) is 1.66. The molecule has 1 saturated carbocycles. The maximum atomic E-state index is 5.69. The molecule has 0 spiro atoms. The van der Waals surface area contributed by atoms with Crippen molar-refractivity contribution in [1.29, 1.82) is 0 Å². The Labute approximate surface area is 87.3 Å². The number of rotatable bonds is 4. The maximum absolute atomic E-state index is 5.69. The van der Waals surface area contributed by atoms with Gasteiger partial charge < -0.3 is 5.73 Å². The topological polar surface area (TPSA) is 38.4 Å². The lowest BCUT2D eigenvalue weighted by molar-refractivity contribution is 0.789. The average Bonchev–Trinajstić information content (AvgIpc) is 2.86. The molecule has 1 rings (SSSR count). The summed E-state index contributed by atoms with van der Waals surface area (Å²) in [6.45, 7) is 8.60. The van der Waals surface area contributed by atoms with Crippen molar-refractivity contribution < 1.29 is 0 Å².